The lowest BCUT2D eigenvalue weighted by Crippen LogP contribution is -2.47. The summed E-state index contributed by atoms with van der Waals surface area (Å²) < 4.78 is 5.12. The van der Waals surface area contributed by atoms with Crippen molar-refractivity contribution in [1.82, 2.24) is 15.8 Å². The van der Waals surface area contributed by atoms with Gasteiger partial charge in [-0.1, -0.05) is 19.0 Å². The first-order chi connectivity index (χ1) is 9.43. The zero-order valence-corrected chi connectivity index (χ0v) is 12.9. The van der Waals surface area contributed by atoms with E-state index in [9.17, 15) is 4.79 Å². The van der Waals surface area contributed by atoms with Crippen molar-refractivity contribution >= 4 is 5.91 Å². The van der Waals surface area contributed by atoms with E-state index in [0.29, 0.717) is 12.5 Å². The van der Waals surface area contributed by atoms with Crippen LogP contribution in [0.3, 0.4) is 0 Å². The normalized spacial score (nSPS) is 19.9. The van der Waals surface area contributed by atoms with Gasteiger partial charge in [0.2, 0.25) is 5.91 Å². The van der Waals surface area contributed by atoms with Crippen LogP contribution in [0, 0.1) is 25.2 Å². The maximum atomic E-state index is 12.5. The summed E-state index contributed by atoms with van der Waals surface area (Å²) in [5, 5.41) is 10.3. The number of hydrogen-bond acceptors (Lipinski definition) is 4. The fourth-order valence-corrected chi connectivity index (χ4v) is 2.80. The number of nitrogens with zero attached hydrogens (tertiary/aromatic N) is 1. The Bertz CT molecular complexity index is 454. The first-order valence-electron chi connectivity index (χ1n) is 7.33. The van der Waals surface area contributed by atoms with Crippen LogP contribution in [-0.2, 0) is 11.3 Å². The Kier molecular flexibility index (Phi) is 4.48. The summed E-state index contributed by atoms with van der Waals surface area (Å²) in [5.41, 5.74) is 1.47. The van der Waals surface area contributed by atoms with Crippen LogP contribution in [0.4, 0.5) is 0 Å². The van der Waals surface area contributed by atoms with Crippen LogP contribution < -0.4 is 10.6 Å². The lowest BCUT2D eigenvalue weighted by Gasteiger charge is -2.36. The van der Waals surface area contributed by atoms with Gasteiger partial charge in [-0.2, -0.15) is 0 Å². The third-order valence-corrected chi connectivity index (χ3v) is 4.51. The fraction of sp³-hybridized carbons (Fsp3) is 0.733. The molecule has 1 atom stereocenters. The molecule has 0 saturated carbocycles. The van der Waals surface area contributed by atoms with Crippen molar-refractivity contribution in [1.29, 1.82) is 0 Å². The monoisotopic (exact) mass is 279 g/mol. The second-order valence-corrected chi connectivity index (χ2v) is 6.25. The lowest BCUT2D eigenvalue weighted by atomic mass is 9.74. The lowest BCUT2D eigenvalue weighted by molar-refractivity contribution is -0.132. The summed E-state index contributed by atoms with van der Waals surface area (Å²) in [6, 6.07) is 0. The molecule has 0 radical (unpaired) electrons. The number of piperidine rings is 1. The predicted octanol–water partition coefficient (Wildman–Crippen LogP) is 1.93. The highest BCUT2D eigenvalue weighted by Gasteiger charge is 2.37. The van der Waals surface area contributed by atoms with Crippen LogP contribution in [0.2, 0.25) is 0 Å². The van der Waals surface area contributed by atoms with E-state index in [2.05, 4.69) is 15.8 Å². The average Bonchev–Trinajstić information content (AvgIpc) is 2.76. The number of rotatable bonds is 4. The first-order valence-corrected chi connectivity index (χ1v) is 7.33. The largest absolute Gasteiger partial charge is 0.361 e. The smallest absolute Gasteiger partial charge is 0.226 e. The fourth-order valence-electron chi connectivity index (χ4n) is 2.80. The van der Waals surface area contributed by atoms with Crippen LogP contribution >= 0.6 is 0 Å². The summed E-state index contributed by atoms with van der Waals surface area (Å²) in [5.74, 6) is 1.27. The highest BCUT2D eigenvalue weighted by atomic mass is 16.5. The second-order valence-electron chi connectivity index (χ2n) is 6.25. The molecule has 1 aliphatic heterocycles. The van der Waals surface area contributed by atoms with Crippen molar-refractivity contribution in [3.8, 4) is 0 Å². The average molecular weight is 279 g/mol. The number of carbonyl (C=O) groups excluding carboxylic acids is 1. The van der Waals surface area contributed by atoms with E-state index in [1.165, 1.54) is 0 Å². The van der Waals surface area contributed by atoms with Crippen molar-refractivity contribution in [2.24, 2.45) is 11.3 Å². The summed E-state index contributed by atoms with van der Waals surface area (Å²) in [4.78, 5) is 12.5. The van der Waals surface area contributed by atoms with Crippen molar-refractivity contribution in [3.05, 3.63) is 17.0 Å². The Morgan fingerprint density at radius 2 is 2.25 bits per heavy atom. The molecule has 1 aromatic rings. The quantitative estimate of drug-likeness (QED) is 0.884. The van der Waals surface area contributed by atoms with Crippen LogP contribution in [0.15, 0.2) is 4.52 Å². The molecule has 20 heavy (non-hydrogen) atoms. The number of carbonyl (C=O) groups is 1. The molecular formula is C15H25N3O2. The van der Waals surface area contributed by atoms with Crippen molar-refractivity contribution in [2.45, 2.75) is 47.1 Å². The molecule has 2 rings (SSSR count). The first kappa shape index (κ1) is 15.0. The minimum Gasteiger partial charge on any atom is -0.361 e. The number of nitrogens with one attached hydrogen (secondary N) is 2. The van der Waals surface area contributed by atoms with E-state index in [1.54, 1.807) is 0 Å². The zero-order valence-electron chi connectivity index (χ0n) is 12.9. The molecule has 112 valence electrons. The van der Waals surface area contributed by atoms with Crippen LogP contribution in [0.1, 0.15) is 43.7 Å². The molecule has 0 spiro atoms. The molecule has 2 heterocycles. The van der Waals surface area contributed by atoms with E-state index in [0.717, 1.165) is 42.9 Å². The van der Waals surface area contributed by atoms with Gasteiger partial charge < -0.3 is 15.2 Å². The molecule has 5 heteroatoms. The SMILES string of the molecule is Cc1noc(C)c1CNC(=O)C(C)(C)C1CCCNC1. The van der Waals surface area contributed by atoms with Gasteiger partial charge in [-0.05, 0) is 45.7 Å². The summed E-state index contributed by atoms with van der Waals surface area (Å²) in [6.07, 6.45) is 2.25. The molecule has 2 N–H and O–H groups in total. The molecule has 1 fully saturated rings. The van der Waals surface area contributed by atoms with Gasteiger partial charge in [-0.3, -0.25) is 4.79 Å². The molecule has 0 bridgehead atoms. The van der Waals surface area contributed by atoms with Gasteiger partial charge in [0, 0.05) is 17.5 Å². The third kappa shape index (κ3) is 3.03. The molecular weight excluding hydrogens is 254 g/mol. The Labute approximate surface area is 120 Å². The summed E-state index contributed by atoms with van der Waals surface area (Å²) in [7, 11) is 0. The van der Waals surface area contributed by atoms with Crippen LogP contribution in [-0.4, -0.2) is 24.2 Å². The highest BCUT2D eigenvalue weighted by Crippen LogP contribution is 2.32. The predicted molar refractivity (Wildman–Crippen MR) is 77.2 cm³/mol. The molecule has 5 nitrogen and oxygen atoms in total. The molecule has 1 aromatic heterocycles. The number of hydrogen-bond donors (Lipinski definition) is 2. The van der Waals surface area contributed by atoms with Crippen LogP contribution in [0.5, 0.6) is 0 Å². The van der Waals surface area contributed by atoms with Gasteiger partial charge >= 0.3 is 0 Å². The van der Waals surface area contributed by atoms with Crippen molar-refractivity contribution in [3.63, 3.8) is 0 Å². The van der Waals surface area contributed by atoms with Gasteiger partial charge in [0.25, 0.3) is 0 Å². The second kappa shape index (κ2) is 5.95. The summed E-state index contributed by atoms with van der Waals surface area (Å²) >= 11 is 0. The Morgan fingerprint density at radius 3 is 2.80 bits per heavy atom. The Balaban J connectivity index is 1.96. The van der Waals surface area contributed by atoms with Gasteiger partial charge in [-0.15, -0.1) is 0 Å². The van der Waals surface area contributed by atoms with Crippen LogP contribution in [0.25, 0.3) is 0 Å². The molecule has 1 saturated heterocycles. The zero-order chi connectivity index (χ0) is 14.8. The maximum absolute atomic E-state index is 12.5. The molecule has 1 amide bonds. The van der Waals surface area contributed by atoms with E-state index >= 15 is 0 Å². The molecule has 1 unspecified atom stereocenters. The molecule has 0 aliphatic carbocycles. The minimum atomic E-state index is -0.355. The van der Waals surface area contributed by atoms with Crippen molar-refractivity contribution in [2.75, 3.05) is 13.1 Å². The Hall–Kier alpha value is -1.36. The molecule has 1 aliphatic rings. The van der Waals surface area contributed by atoms with Gasteiger partial charge in [0.05, 0.1) is 5.69 Å². The molecule has 0 aromatic carbocycles. The maximum Gasteiger partial charge on any atom is 0.226 e. The third-order valence-electron chi connectivity index (χ3n) is 4.51. The van der Waals surface area contributed by atoms with E-state index < -0.39 is 0 Å². The number of aromatic nitrogens is 1. The van der Waals surface area contributed by atoms with E-state index in [1.807, 2.05) is 27.7 Å². The van der Waals surface area contributed by atoms with Gasteiger partial charge in [-0.25, -0.2) is 0 Å². The number of aryl methyl sites for hydroxylation is 2. The highest BCUT2D eigenvalue weighted by molar-refractivity contribution is 5.82. The Morgan fingerprint density at radius 1 is 1.50 bits per heavy atom. The van der Waals surface area contributed by atoms with Crippen molar-refractivity contribution < 1.29 is 9.32 Å². The standard InChI is InChI=1S/C15H25N3O2/c1-10-13(11(2)20-18-10)9-17-14(19)15(3,4)12-6-5-7-16-8-12/h12,16H,5-9H2,1-4H3,(H,17,19). The van der Waals surface area contributed by atoms with E-state index in [-0.39, 0.29) is 11.3 Å². The van der Waals surface area contributed by atoms with Gasteiger partial charge in [0.1, 0.15) is 5.76 Å². The minimum absolute atomic E-state index is 0.103. The van der Waals surface area contributed by atoms with Gasteiger partial charge in [0.15, 0.2) is 0 Å². The van der Waals surface area contributed by atoms with E-state index in [4.69, 9.17) is 4.52 Å². The number of amides is 1. The summed E-state index contributed by atoms with van der Waals surface area (Å²) in [6.45, 7) is 10.3. The topological polar surface area (TPSA) is 67.2 Å².